The molecule has 64 valence electrons. The fraction of sp³-hybridized carbons (Fsp3) is 0.600. The Bertz CT molecular complexity index is 157. The molecule has 0 aliphatic heterocycles. The number of hydrogen-bond acceptors (Lipinski definition) is 4. The largest absolute Gasteiger partial charge is 0.480 e. The van der Waals surface area contributed by atoms with Gasteiger partial charge in [0.05, 0.1) is 6.61 Å². The molecule has 0 aliphatic rings. The molecule has 0 radical (unpaired) electrons. The molecule has 0 aromatic carbocycles. The van der Waals surface area contributed by atoms with Crippen LogP contribution in [0.3, 0.4) is 0 Å². The third-order valence-electron chi connectivity index (χ3n) is 0.729. The van der Waals surface area contributed by atoms with E-state index in [-0.39, 0.29) is 0 Å². The van der Waals surface area contributed by atoms with E-state index in [1.165, 1.54) is 0 Å². The molecule has 0 saturated heterocycles. The summed E-state index contributed by atoms with van der Waals surface area (Å²) in [4.78, 5) is 9.85. The molecule has 11 heavy (non-hydrogen) atoms. The van der Waals surface area contributed by atoms with Gasteiger partial charge < -0.3 is 9.84 Å². The highest BCUT2D eigenvalue weighted by Gasteiger charge is 1.90. The van der Waals surface area contributed by atoms with Gasteiger partial charge >= 0.3 is 6.09 Å². The van der Waals surface area contributed by atoms with Crippen LogP contribution in [-0.4, -0.2) is 23.7 Å². The minimum absolute atomic E-state index is 0.376. The summed E-state index contributed by atoms with van der Waals surface area (Å²) in [7, 11) is 0. The molecular weight excluding hydrogens is 150 g/mol. The first kappa shape index (κ1) is 9.54. The Morgan fingerprint density at radius 2 is 2.36 bits per heavy atom. The van der Waals surface area contributed by atoms with E-state index in [1.807, 2.05) is 12.3 Å². The van der Waals surface area contributed by atoms with E-state index >= 15 is 0 Å². The summed E-state index contributed by atoms with van der Waals surface area (Å²) >= 11 is 0. The Morgan fingerprint density at radius 3 is 2.82 bits per heavy atom. The number of carboxylic acid groups (broad SMARTS) is 1. The molecule has 0 bridgehead atoms. The van der Waals surface area contributed by atoms with Crippen LogP contribution < -0.4 is 11.0 Å². The normalized spacial score (nSPS) is 10.5. The number of hydrazone groups is 1. The van der Waals surface area contributed by atoms with Crippen LogP contribution in [0.25, 0.3) is 0 Å². The zero-order chi connectivity index (χ0) is 8.69. The summed E-state index contributed by atoms with van der Waals surface area (Å²) in [6.45, 7) is 3.92. The molecule has 6 heteroatoms. The van der Waals surface area contributed by atoms with Crippen LogP contribution >= 0.6 is 0 Å². The van der Waals surface area contributed by atoms with E-state index in [0.29, 0.717) is 12.5 Å². The first-order valence-electron chi connectivity index (χ1n) is 3.07. The maximum absolute atomic E-state index is 9.85. The fourth-order valence-electron chi connectivity index (χ4n) is 0.396. The van der Waals surface area contributed by atoms with Crippen molar-refractivity contribution in [2.24, 2.45) is 5.10 Å². The molecule has 0 rings (SSSR count). The Kier molecular flexibility index (Phi) is 4.63. The summed E-state index contributed by atoms with van der Waals surface area (Å²) in [6, 6.07) is 0. The number of nitrogens with zero attached hydrogens (tertiary/aromatic N) is 1. The van der Waals surface area contributed by atoms with Gasteiger partial charge in [-0.1, -0.05) is 0 Å². The SMILES string of the molecule is CCO/C(C)=N/NNC(=O)O. The van der Waals surface area contributed by atoms with Crippen LogP contribution in [0, 0.1) is 0 Å². The molecular formula is C5H11N3O3. The quantitative estimate of drug-likeness (QED) is 0.312. The van der Waals surface area contributed by atoms with Crippen molar-refractivity contribution in [2.75, 3.05) is 6.61 Å². The van der Waals surface area contributed by atoms with Crippen molar-refractivity contribution >= 4 is 12.0 Å². The van der Waals surface area contributed by atoms with Crippen molar-refractivity contribution < 1.29 is 14.6 Å². The molecule has 0 aliphatic carbocycles. The lowest BCUT2D eigenvalue weighted by Crippen LogP contribution is -2.32. The Balaban J connectivity index is 3.47. The number of hydrazine groups is 1. The van der Waals surface area contributed by atoms with Crippen LogP contribution in [-0.2, 0) is 4.74 Å². The van der Waals surface area contributed by atoms with Crippen LogP contribution in [0.15, 0.2) is 5.10 Å². The lowest BCUT2D eigenvalue weighted by molar-refractivity contribution is 0.189. The molecule has 0 atom stereocenters. The fourth-order valence-corrected chi connectivity index (χ4v) is 0.396. The van der Waals surface area contributed by atoms with Gasteiger partial charge in [0.25, 0.3) is 0 Å². The van der Waals surface area contributed by atoms with Crippen molar-refractivity contribution in [3.05, 3.63) is 0 Å². The predicted octanol–water partition coefficient (Wildman–Crippen LogP) is 0.129. The smallest absolute Gasteiger partial charge is 0.424 e. The lowest BCUT2D eigenvalue weighted by atomic mass is 10.7. The van der Waals surface area contributed by atoms with Gasteiger partial charge in [-0.15, -0.1) is 5.10 Å². The number of carbonyl (C=O) groups is 1. The number of nitrogens with one attached hydrogen (secondary N) is 2. The Morgan fingerprint density at radius 1 is 1.73 bits per heavy atom. The van der Waals surface area contributed by atoms with Crippen LogP contribution in [0.5, 0.6) is 0 Å². The van der Waals surface area contributed by atoms with Gasteiger partial charge in [0, 0.05) is 6.92 Å². The zero-order valence-electron chi connectivity index (χ0n) is 6.42. The topological polar surface area (TPSA) is 83.0 Å². The van der Waals surface area contributed by atoms with E-state index in [0.717, 1.165) is 0 Å². The average Bonchev–Trinajstić information content (AvgIpc) is 1.87. The Labute approximate surface area is 64.2 Å². The maximum atomic E-state index is 9.85. The van der Waals surface area contributed by atoms with Gasteiger partial charge in [0.1, 0.15) is 0 Å². The summed E-state index contributed by atoms with van der Waals surface area (Å²) in [5, 5.41) is 11.6. The van der Waals surface area contributed by atoms with Gasteiger partial charge in [0.15, 0.2) is 0 Å². The van der Waals surface area contributed by atoms with Crippen LogP contribution in [0.2, 0.25) is 0 Å². The minimum atomic E-state index is -1.20. The highest BCUT2D eigenvalue weighted by molar-refractivity contribution is 5.73. The van der Waals surface area contributed by atoms with Crippen LogP contribution in [0.1, 0.15) is 13.8 Å². The van der Waals surface area contributed by atoms with Gasteiger partial charge in [-0.3, -0.25) is 0 Å². The van der Waals surface area contributed by atoms with Gasteiger partial charge in [0.2, 0.25) is 5.90 Å². The van der Waals surface area contributed by atoms with Crippen molar-refractivity contribution in [1.29, 1.82) is 0 Å². The number of ether oxygens (including phenoxy) is 1. The van der Waals surface area contributed by atoms with Crippen molar-refractivity contribution in [1.82, 2.24) is 11.0 Å². The van der Waals surface area contributed by atoms with E-state index in [9.17, 15) is 4.79 Å². The predicted molar refractivity (Wildman–Crippen MR) is 39.0 cm³/mol. The highest BCUT2D eigenvalue weighted by atomic mass is 16.5. The third-order valence-corrected chi connectivity index (χ3v) is 0.729. The summed E-state index contributed by atoms with van der Waals surface area (Å²) in [5.41, 5.74) is 3.92. The molecule has 0 saturated carbocycles. The minimum Gasteiger partial charge on any atom is -0.480 e. The molecule has 0 aromatic heterocycles. The molecule has 3 N–H and O–H groups in total. The first-order chi connectivity index (χ1) is 5.16. The van der Waals surface area contributed by atoms with Gasteiger partial charge in [-0.25, -0.2) is 15.8 Å². The monoisotopic (exact) mass is 161 g/mol. The Hall–Kier alpha value is -1.46. The van der Waals surface area contributed by atoms with Crippen molar-refractivity contribution in [3.63, 3.8) is 0 Å². The van der Waals surface area contributed by atoms with Crippen molar-refractivity contribution in [2.45, 2.75) is 13.8 Å². The molecule has 6 nitrogen and oxygen atoms in total. The second-order valence-corrected chi connectivity index (χ2v) is 1.61. The number of amides is 1. The number of rotatable bonds is 3. The number of hydrogen-bond donors (Lipinski definition) is 3. The van der Waals surface area contributed by atoms with E-state index in [2.05, 4.69) is 10.6 Å². The zero-order valence-corrected chi connectivity index (χ0v) is 6.42. The third kappa shape index (κ3) is 6.42. The van der Waals surface area contributed by atoms with Crippen molar-refractivity contribution in [3.8, 4) is 0 Å². The van der Waals surface area contributed by atoms with E-state index in [1.54, 1.807) is 6.92 Å². The summed E-state index contributed by atoms with van der Waals surface area (Å²) < 4.78 is 4.88. The van der Waals surface area contributed by atoms with Gasteiger partial charge in [-0.2, -0.15) is 0 Å². The van der Waals surface area contributed by atoms with E-state index < -0.39 is 6.09 Å². The summed E-state index contributed by atoms with van der Waals surface area (Å²) in [5.74, 6) is 0.376. The molecule has 0 fully saturated rings. The maximum Gasteiger partial charge on any atom is 0.424 e. The average molecular weight is 161 g/mol. The second kappa shape index (κ2) is 5.33. The highest BCUT2D eigenvalue weighted by Crippen LogP contribution is 1.76. The summed E-state index contributed by atoms with van der Waals surface area (Å²) in [6.07, 6.45) is -1.20. The van der Waals surface area contributed by atoms with Crippen LogP contribution in [0.4, 0.5) is 4.79 Å². The molecule has 0 heterocycles. The van der Waals surface area contributed by atoms with Gasteiger partial charge in [-0.05, 0) is 6.92 Å². The molecule has 0 unspecified atom stereocenters. The molecule has 0 spiro atoms. The molecule has 1 amide bonds. The van der Waals surface area contributed by atoms with E-state index in [4.69, 9.17) is 9.84 Å². The standard InChI is InChI=1S/C5H11N3O3/c1-3-11-4(2)6-8-7-5(9)10/h7-8H,3H2,1-2H3,(H,9,10)/b6-4+. The lowest BCUT2D eigenvalue weighted by Gasteiger charge is -2.01. The second-order valence-electron chi connectivity index (χ2n) is 1.61. The molecule has 0 aromatic rings. The first-order valence-corrected chi connectivity index (χ1v) is 3.07.